The highest BCUT2D eigenvalue weighted by atomic mass is 16.5. The molecule has 200 valence electrons. The Morgan fingerprint density at radius 3 is 2.11 bits per heavy atom. The van der Waals surface area contributed by atoms with Crippen molar-refractivity contribution >= 4 is 6.08 Å². The Hall–Kier alpha value is -2.72. The molecule has 0 aliphatic carbocycles. The molecule has 0 saturated carbocycles. The van der Waals surface area contributed by atoms with E-state index in [0.717, 1.165) is 84.5 Å². The summed E-state index contributed by atoms with van der Waals surface area (Å²) in [5.74, 6) is 1.64. The molecule has 0 bridgehead atoms. The summed E-state index contributed by atoms with van der Waals surface area (Å²) >= 11 is 0. The van der Waals surface area contributed by atoms with Crippen molar-refractivity contribution in [2.24, 2.45) is 5.92 Å². The summed E-state index contributed by atoms with van der Waals surface area (Å²) < 4.78 is 11.3. The predicted octanol–water partition coefficient (Wildman–Crippen LogP) is 9.44. The Labute approximate surface area is 219 Å². The third kappa shape index (κ3) is 12.3. The van der Waals surface area contributed by atoms with Crippen LogP contribution in [0.2, 0.25) is 0 Å². The Bertz CT molecular complexity index is 910. The minimum atomic E-state index is -0.0709. The van der Waals surface area contributed by atoms with Crippen LogP contribution in [0.4, 0.5) is 0 Å². The number of hydrogen-bond acceptors (Lipinski definition) is 4. The van der Waals surface area contributed by atoms with Crippen LogP contribution in [-0.2, 0) is 4.74 Å². The number of aliphatic hydroxyl groups excluding tert-OH is 2. The van der Waals surface area contributed by atoms with E-state index in [1.54, 1.807) is 0 Å². The molecule has 4 heteroatoms. The second-order valence-electron chi connectivity index (χ2n) is 9.50. The van der Waals surface area contributed by atoms with Gasteiger partial charge in [-0.2, -0.15) is 0 Å². The molecular weight excluding hydrogens is 448 g/mol. The molecular formula is C32H48O4. The van der Waals surface area contributed by atoms with Gasteiger partial charge in [0.15, 0.2) is 5.76 Å². The first-order chi connectivity index (χ1) is 17.4. The summed E-state index contributed by atoms with van der Waals surface area (Å²) in [5.41, 5.74) is 5.08. The van der Waals surface area contributed by atoms with E-state index in [4.69, 9.17) is 9.47 Å². The molecule has 0 atom stereocenters. The normalized spacial score (nSPS) is 11.9. The van der Waals surface area contributed by atoms with Crippen molar-refractivity contribution in [3.8, 4) is 16.9 Å². The van der Waals surface area contributed by atoms with Crippen LogP contribution in [0, 0.1) is 12.8 Å². The zero-order valence-electron chi connectivity index (χ0n) is 23.3. The van der Waals surface area contributed by atoms with Gasteiger partial charge in [-0.15, -0.1) is 0 Å². The highest BCUT2D eigenvalue weighted by molar-refractivity contribution is 5.71. The number of benzene rings is 2. The smallest absolute Gasteiger partial charge is 0.152 e. The Kier molecular flexibility index (Phi) is 16.1. The maximum atomic E-state index is 10.1. The Morgan fingerprint density at radius 2 is 1.53 bits per heavy atom. The molecule has 2 aromatic rings. The van der Waals surface area contributed by atoms with E-state index < -0.39 is 0 Å². The van der Waals surface area contributed by atoms with Gasteiger partial charge < -0.3 is 19.7 Å². The van der Waals surface area contributed by atoms with Crippen LogP contribution in [0.5, 0.6) is 5.75 Å². The molecule has 2 aromatic carbocycles. The van der Waals surface area contributed by atoms with Gasteiger partial charge >= 0.3 is 0 Å². The standard InChI is InChI=1S/C27H36O4.C5H12/c1-4-6-8-24(27(29)20-28)19-25-18-23(10-9-21(25)3)22-11-13-26(14-12-22)31-17-16-30-15-7-5-2;1-4-5(2)3/h9-14,18-20,28-29H,4-8,15-17H2,1-3H3;5H,4H2,1-3H3/b24-19+,27-20?;. The number of allylic oxidation sites excluding steroid dienone is 1. The fraction of sp³-hybridized carbons (Fsp3) is 0.500. The molecule has 0 unspecified atom stereocenters. The third-order valence-electron chi connectivity index (χ3n) is 6.00. The van der Waals surface area contributed by atoms with E-state index in [-0.39, 0.29) is 5.76 Å². The minimum absolute atomic E-state index is 0.0709. The largest absolute Gasteiger partial charge is 0.512 e. The van der Waals surface area contributed by atoms with Crippen molar-refractivity contribution in [1.29, 1.82) is 0 Å². The van der Waals surface area contributed by atoms with E-state index in [1.165, 1.54) is 6.42 Å². The van der Waals surface area contributed by atoms with Gasteiger partial charge in [0.05, 0.1) is 6.61 Å². The van der Waals surface area contributed by atoms with E-state index in [9.17, 15) is 10.2 Å². The van der Waals surface area contributed by atoms with Gasteiger partial charge in [0.2, 0.25) is 0 Å². The molecule has 0 heterocycles. The highest BCUT2D eigenvalue weighted by Crippen LogP contribution is 2.27. The summed E-state index contributed by atoms with van der Waals surface area (Å²) in [6, 6.07) is 14.3. The molecule has 0 aliphatic heterocycles. The lowest BCUT2D eigenvalue weighted by Gasteiger charge is -2.11. The predicted molar refractivity (Wildman–Crippen MR) is 154 cm³/mol. The van der Waals surface area contributed by atoms with Crippen molar-refractivity contribution < 1.29 is 19.7 Å². The molecule has 0 fully saturated rings. The zero-order valence-corrected chi connectivity index (χ0v) is 23.3. The lowest BCUT2D eigenvalue weighted by atomic mass is 9.96. The van der Waals surface area contributed by atoms with Gasteiger partial charge in [-0.05, 0) is 84.2 Å². The monoisotopic (exact) mass is 496 g/mol. The summed E-state index contributed by atoms with van der Waals surface area (Å²) in [6.45, 7) is 14.9. The fourth-order valence-electron chi connectivity index (χ4n) is 3.20. The van der Waals surface area contributed by atoms with Crippen LogP contribution in [-0.4, -0.2) is 30.0 Å². The molecule has 2 rings (SSSR count). The third-order valence-corrected chi connectivity index (χ3v) is 6.00. The fourth-order valence-corrected chi connectivity index (χ4v) is 3.20. The first-order valence-electron chi connectivity index (χ1n) is 13.5. The van der Waals surface area contributed by atoms with Crippen LogP contribution in [0.25, 0.3) is 17.2 Å². The van der Waals surface area contributed by atoms with Crippen molar-refractivity contribution in [2.45, 2.75) is 80.1 Å². The van der Waals surface area contributed by atoms with Crippen LogP contribution in [0.15, 0.2) is 60.1 Å². The van der Waals surface area contributed by atoms with Crippen LogP contribution in [0.3, 0.4) is 0 Å². The quantitative estimate of drug-likeness (QED) is 0.155. The second kappa shape index (κ2) is 18.5. The molecule has 4 nitrogen and oxygen atoms in total. The molecule has 0 radical (unpaired) electrons. The SMILES string of the molecule is CCC(C)C.CCCCOCCOc1ccc(-c2ccc(C)c(/C=C(\CCCC)C(O)=CO)c2)cc1. The molecule has 2 N–H and O–H groups in total. The topological polar surface area (TPSA) is 58.9 Å². The van der Waals surface area contributed by atoms with Crippen LogP contribution >= 0.6 is 0 Å². The van der Waals surface area contributed by atoms with E-state index >= 15 is 0 Å². The number of aliphatic hydroxyl groups is 2. The van der Waals surface area contributed by atoms with Crippen molar-refractivity contribution in [3.63, 3.8) is 0 Å². The first-order valence-corrected chi connectivity index (χ1v) is 13.5. The number of ether oxygens (including phenoxy) is 2. The summed E-state index contributed by atoms with van der Waals surface area (Å²) in [7, 11) is 0. The van der Waals surface area contributed by atoms with Gasteiger partial charge in [0.25, 0.3) is 0 Å². The maximum Gasteiger partial charge on any atom is 0.152 e. The Morgan fingerprint density at radius 1 is 0.889 bits per heavy atom. The van der Waals surface area contributed by atoms with Gasteiger partial charge in [-0.25, -0.2) is 0 Å². The summed E-state index contributed by atoms with van der Waals surface area (Å²) in [5, 5.41) is 19.3. The van der Waals surface area contributed by atoms with Crippen molar-refractivity contribution in [3.05, 3.63) is 71.2 Å². The van der Waals surface area contributed by atoms with Crippen molar-refractivity contribution in [1.82, 2.24) is 0 Å². The number of aryl methyl sites for hydroxylation is 1. The first kappa shape index (κ1) is 31.3. The highest BCUT2D eigenvalue weighted by Gasteiger charge is 2.07. The van der Waals surface area contributed by atoms with E-state index in [1.807, 2.05) is 25.1 Å². The van der Waals surface area contributed by atoms with Crippen LogP contribution < -0.4 is 4.74 Å². The lowest BCUT2D eigenvalue weighted by molar-refractivity contribution is 0.0981. The summed E-state index contributed by atoms with van der Waals surface area (Å²) in [4.78, 5) is 0. The Balaban J connectivity index is 0.00000118. The maximum absolute atomic E-state index is 10.1. The average molecular weight is 497 g/mol. The number of hydrogen-bond donors (Lipinski definition) is 2. The molecule has 0 aromatic heterocycles. The average Bonchev–Trinajstić information content (AvgIpc) is 2.89. The number of rotatable bonds is 14. The van der Waals surface area contributed by atoms with Gasteiger partial charge in [-0.3, -0.25) is 0 Å². The van der Waals surface area contributed by atoms with E-state index in [2.05, 4.69) is 65.0 Å². The molecule has 0 aliphatic rings. The minimum Gasteiger partial charge on any atom is -0.512 e. The molecule has 0 saturated heterocycles. The molecule has 36 heavy (non-hydrogen) atoms. The van der Waals surface area contributed by atoms with Gasteiger partial charge in [0.1, 0.15) is 18.6 Å². The van der Waals surface area contributed by atoms with Gasteiger partial charge in [-0.1, -0.05) is 78.1 Å². The molecule has 0 amide bonds. The van der Waals surface area contributed by atoms with E-state index in [0.29, 0.717) is 13.2 Å². The lowest BCUT2D eigenvalue weighted by Crippen LogP contribution is -2.07. The zero-order chi connectivity index (χ0) is 26.8. The number of unbranched alkanes of at least 4 members (excludes halogenated alkanes) is 2. The summed E-state index contributed by atoms with van der Waals surface area (Å²) in [6.07, 6.45) is 8.95. The van der Waals surface area contributed by atoms with Crippen LogP contribution in [0.1, 0.15) is 84.3 Å². The second-order valence-corrected chi connectivity index (χ2v) is 9.50. The van der Waals surface area contributed by atoms with Crippen molar-refractivity contribution in [2.75, 3.05) is 19.8 Å². The molecule has 0 spiro atoms. The van der Waals surface area contributed by atoms with Gasteiger partial charge in [0, 0.05) is 6.61 Å².